The summed E-state index contributed by atoms with van der Waals surface area (Å²) in [5.74, 6) is -0.574. The molecular formula is C15H16O4. The molecule has 0 heterocycles. The van der Waals surface area contributed by atoms with Crippen molar-refractivity contribution in [1.82, 2.24) is 0 Å². The molecule has 1 atom stereocenters. The largest absolute Gasteiger partial charge is 0.479 e. The van der Waals surface area contributed by atoms with Gasteiger partial charge in [0.25, 0.3) is 0 Å². The first-order valence-corrected chi connectivity index (χ1v) is 6.18. The van der Waals surface area contributed by atoms with Gasteiger partial charge in [0.05, 0.1) is 6.61 Å². The molecule has 0 aliphatic carbocycles. The van der Waals surface area contributed by atoms with Gasteiger partial charge in [0.2, 0.25) is 0 Å². The molecule has 0 bridgehead atoms. The average molecular weight is 260 g/mol. The molecule has 2 rings (SSSR count). The Morgan fingerprint density at radius 1 is 1.26 bits per heavy atom. The maximum atomic E-state index is 11.0. The molecule has 0 aliphatic heterocycles. The van der Waals surface area contributed by atoms with E-state index in [0.29, 0.717) is 17.7 Å². The lowest BCUT2D eigenvalue weighted by Gasteiger charge is -2.17. The van der Waals surface area contributed by atoms with Crippen LogP contribution in [0.15, 0.2) is 36.4 Å². The predicted octanol–water partition coefficient (Wildman–Crippen LogP) is 2.57. The van der Waals surface area contributed by atoms with Crippen LogP contribution in [0.5, 0.6) is 5.75 Å². The minimum Gasteiger partial charge on any atom is -0.479 e. The van der Waals surface area contributed by atoms with Crippen LogP contribution in [0.25, 0.3) is 10.8 Å². The highest BCUT2D eigenvalue weighted by molar-refractivity contribution is 5.87. The Morgan fingerprint density at radius 2 is 2.00 bits per heavy atom. The molecular weight excluding hydrogens is 244 g/mol. The topological polar surface area (TPSA) is 66.8 Å². The van der Waals surface area contributed by atoms with Gasteiger partial charge in [0.1, 0.15) is 5.75 Å². The Kier molecular flexibility index (Phi) is 4.02. The number of carboxylic acids is 1. The van der Waals surface area contributed by atoms with Crippen LogP contribution in [-0.2, 0) is 11.4 Å². The molecule has 0 saturated carbocycles. The zero-order valence-electron chi connectivity index (χ0n) is 10.7. The summed E-state index contributed by atoms with van der Waals surface area (Å²) in [7, 11) is 0. The van der Waals surface area contributed by atoms with E-state index >= 15 is 0 Å². The van der Waals surface area contributed by atoms with Gasteiger partial charge in [-0.2, -0.15) is 0 Å². The fourth-order valence-electron chi connectivity index (χ4n) is 2.05. The van der Waals surface area contributed by atoms with Gasteiger partial charge >= 0.3 is 5.97 Å². The second-order valence-corrected chi connectivity index (χ2v) is 4.27. The minimum absolute atomic E-state index is 0.188. The van der Waals surface area contributed by atoms with Gasteiger partial charge in [-0.1, -0.05) is 37.3 Å². The zero-order valence-corrected chi connectivity index (χ0v) is 10.7. The van der Waals surface area contributed by atoms with Crippen LogP contribution >= 0.6 is 0 Å². The van der Waals surface area contributed by atoms with E-state index in [1.807, 2.05) is 30.3 Å². The second-order valence-electron chi connectivity index (χ2n) is 4.27. The Balaban J connectivity index is 2.46. The highest BCUT2D eigenvalue weighted by Gasteiger charge is 2.19. The summed E-state index contributed by atoms with van der Waals surface area (Å²) in [6, 6.07) is 11.2. The summed E-state index contributed by atoms with van der Waals surface area (Å²) in [5, 5.41) is 20.4. The van der Waals surface area contributed by atoms with E-state index in [2.05, 4.69) is 0 Å². The van der Waals surface area contributed by atoms with E-state index in [1.54, 1.807) is 13.0 Å². The smallest absolute Gasteiger partial charge is 0.344 e. The predicted molar refractivity (Wildman–Crippen MR) is 72.2 cm³/mol. The van der Waals surface area contributed by atoms with E-state index in [4.69, 9.17) is 9.84 Å². The molecule has 0 spiro atoms. The van der Waals surface area contributed by atoms with Gasteiger partial charge in [0, 0.05) is 5.56 Å². The Hall–Kier alpha value is -2.07. The maximum Gasteiger partial charge on any atom is 0.344 e. The molecule has 2 aromatic carbocycles. The summed E-state index contributed by atoms with van der Waals surface area (Å²) < 4.78 is 5.50. The van der Waals surface area contributed by atoms with Crippen LogP contribution in [0.1, 0.15) is 18.9 Å². The van der Waals surface area contributed by atoms with E-state index in [1.165, 1.54) is 0 Å². The number of aliphatic carboxylic acids is 1. The lowest BCUT2D eigenvalue weighted by atomic mass is 10.0. The minimum atomic E-state index is -1.00. The molecule has 1 unspecified atom stereocenters. The third-order valence-corrected chi connectivity index (χ3v) is 3.07. The van der Waals surface area contributed by atoms with Crippen LogP contribution in [-0.4, -0.2) is 22.3 Å². The normalized spacial score (nSPS) is 12.3. The van der Waals surface area contributed by atoms with E-state index in [0.717, 1.165) is 10.8 Å². The Labute approximate surface area is 111 Å². The summed E-state index contributed by atoms with van der Waals surface area (Å²) in [6.45, 7) is 1.56. The first-order chi connectivity index (χ1) is 9.17. The van der Waals surface area contributed by atoms with Crippen molar-refractivity contribution in [3.63, 3.8) is 0 Å². The number of carboxylic acid groups (broad SMARTS) is 1. The first-order valence-electron chi connectivity index (χ1n) is 6.18. The SMILES string of the molecule is CCC(Oc1ccc2ccccc2c1CO)C(=O)O. The third kappa shape index (κ3) is 2.69. The van der Waals surface area contributed by atoms with Crippen molar-refractivity contribution in [3.05, 3.63) is 42.0 Å². The van der Waals surface area contributed by atoms with E-state index in [-0.39, 0.29) is 6.61 Å². The van der Waals surface area contributed by atoms with Crippen LogP contribution in [0.3, 0.4) is 0 Å². The molecule has 0 aliphatic rings. The zero-order chi connectivity index (χ0) is 13.8. The highest BCUT2D eigenvalue weighted by atomic mass is 16.5. The number of carbonyl (C=O) groups is 1. The second kappa shape index (κ2) is 5.71. The number of ether oxygens (including phenoxy) is 1. The number of aliphatic hydroxyl groups is 1. The maximum absolute atomic E-state index is 11.0. The molecule has 0 saturated heterocycles. The number of aliphatic hydroxyl groups excluding tert-OH is 1. The molecule has 0 radical (unpaired) electrons. The van der Waals surface area contributed by atoms with Crippen LogP contribution in [0.2, 0.25) is 0 Å². The fourth-order valence-corrected chi connectivity index (χ4v) is 2.05. The molecule has 4 heteroatoms. The monoisotopic (exact) mass is 260 g/mol. The van der Waals surface area contributed by atoms with Gasteiger partial charge in [-0.25, -0.2) is 4.79 Å². The molecule has 4 nitrogen and oxygen atoms in total. The fraction of sp³-hybridized carbons (Fsp3) is 0.267. The highest BCUT2D eigenvalue weighted by Crippen LogP contribution is 2.29. The molecule has 100 valence electrons. The van der Waals surface area contributed by atoms with Crippen LogP contribution < -0.4 is 4.74 Å². The number of hydrogen-bond donors (Lipinski definition) is 2. The number of rotatable bonds is 5. The van der Waals surface area contributed by atoms with E-state index in [9.17, 15) is 9.90 Å². The van der Waals surface area contributed by atoms with Crippen molar-refractivity contribution in [1.29, 1.82) is 0 Å². The van der Waals surface area contributed by atoms with Gasteiger partial charge < -0.3 is 14.9 Å². The van der Waals surface area contributed by atoms with Gasteiger partial charge in [-0.05, 0) is 23.3 Å². The van der Waals surface area contributed by atoms with Crippen molar-refractivity contribution in [2.45, 2.75) is 26.1 Å². The van der Waals surface area contributed by atoms with Gasteiger partial charge in [-0.15, -0.1) is 0 Å². The van der Waals surface area contributed by atoms with Crippen molar-refractivity contribution in [2.75, 3.05) is 0 Å². The first kappa shape index (κ1) is 13.4. The average Bonchev–Trinajstić information content (AvgIpc) is 2.43. The molecule has 19 heavy (non-hydrogen) atoms. The molecule has 0 fully saturated rings. The Bertz CT molecular complexity index is 592. The lowest BCUT2D eigenvalue weighted by Crippen LogP contribution is -2.26. The quantitative estimate of drug-likeness (QED) is 0.867. The summed E-state index contributed by atoms with van der Waals surface area (Å²) in [4.78, 5) is 11.0. The number of hydrogen-bond acceptors (Lipinski definition) is 3. The van der Waals surface area contributed by atoms with Crippen LogP contribution in [0.4, 0.5) is 0 Å². The van der Waals surface area contributed by atoms with Crippen molar-refractivity contribution >= 4 is 16.7 Å². The van der Waals surface area contributed by atoms with Crippen LogP contribution in [0, 0.1) is 0 Å². The third-order valence-electron chi connectivity index (χ3n) is 3.07. The Morgan fingerprint density at radius 3 is 2.63 bits per heavy atom. The molecule has 2 N–H and O–H groups in total. The number of benzene rings is 2. The molecule has 2 aromatic rings. The lowest BCUT2D eigenvalue weighted by molar-refractivity contribution is -0.145. The van der Waals surface area contributed by atoms with Gasteiger partial charge in [0.15, 0.2) is 6.10 Å². The van der Waals surface area contributed by atoms with Gasteiger partial charge in [-0.3, -0.25) is 0 Å². The van der Waals surface area contributed by atoms with Crippen molar-refractivity contribution < 1.29 is 19.7 Å². The standard InChI is InChI=1S/C15H16O4/c1-2-13(15(17)18)19-14-8-7-10-5-3-4-6-11(10)12(14)9-16/h3-8,13,16H,2,9H2,1H3,(H,17,18). The summed E-state index contributed by atoms with van der Waals surface area (Å²) in [5.41, 5.74) is 0.623. The summed E-state index contributed by atoms with van der Waals surface area (Å²) >= 11 is 0. The number of fused-ring (bicyclic) bond motifs is 1. The molecule has 0 aromatic heterocycles. The van der Waals surface area contributed by atoms with E-state index < -0.39 is 12.1 Å². The van der Waals surface area contributed by atoms with Crippen molar-refractivity contribution in [3.8, 4) is 5.75 Å². The van der Waals surface area contributed by atoms with Crippen molar-refractivity contribution in [2.24, 2.45) is 0 Å². The molecule has 0 amide bonds. The summed E-state index contributed by atoms with van der Waals surface area (Å²) in [6.07, 6.45) is -0.529.